The van der Waals surface area contributed by atoms with E-state index in [0.29, 0.717) is 79.8 Å². The van der Waals surface area contributed by atoms with E-state index in [0.717, 1.165) is 31.0 Å². The van der Waals surface area contributed by atoms with Crippen LogP contribution in [0.25, 0.3) is 33.9 Å². The maximum absolute atomic E-state index is 14.2. The molecule has 7 rings (SSSR count). The van der Waals surface area contributed by atoms with Crippen molar-refractivity contribution in [3.05, 3.63) is 42.0 Å². The first-order chi connectivity index (χ1) is 23.4. The smallest absolute Gasteiger partial charge is 0.418 e. The Hall–Kier alpha value is -4.37. The number of ether oxygens (including phenoxy) is 1. The number of alkyl halides is 3. The standard InChI is InChI=1S/C34H40F3N9O3/c1-20-16-45(17-28(47)48)9-10-46(20)27-15-38-25(14-39-27)31-42-30-26(44(2)18-33(19-49-3)7-4-8-33)12-24(41-32(30)43-31)22-11-23(34(35,36)37)29(40-13-22)21-5-6-21/h11-15,20-21H,4-10,16-19H2,1-3H3,(H,47,48)(H,41,42,43)/t20-/m1/s1. The van der Waals surface area contributed by atoms with Gasteiger partial charge in [-0.1, -0.05) is 6.42 Å². The Morgan fingerprint density at radius 1 is 1.10 bits per heavy atom. The quantitative estimate of drug-likeness (QED) is 0.216. The van der Waals surface area contributed by atoms with Crippen LogP contribution in [0.1, 0.15) is 56.2 Å². The molecule has 2 N–H and O–H groups in total. The highest BCUT2D eigenvalue weighted by Gasteiger charge is 2.40. The van der Waals surface area contributed by atoms with Crippen molar-refractivity contribution in [3.8, 4) is 22.8 Å². The number of H-pyrrole nitrogens is 1. The van der Waals surface area contributed by atoms with E-state index in [4.69, 9.17) is 19.8 Å². The molecule has 3 fully saturated rings. The summed E-state index contributed by atoms with van der Waals surface area (Å²) in [5.41, 5.74) is 2.21. The lowest BCUT2D eigenvalue weighted by Gasteiger charge is -2.44. The van der Waals surface area contributed by atoms with E-state index in [-0.39, 0.29) is 35.2 Å². The summed E-state index contributed by atoms with van der Waals surface area (Å²) in [6.45, 7) is 5.14. The molecule has 1 aliphatic heterocycles. The number of aromatic amines is 1. The minimum absolute atomic E-state index is 0.000913. The first kappa shape index (κ1) is 33.1. The lowest BCUT2D eigenvalue weighted by atomic mass is 9.69. The van der Waals surface area contributed by atoms with Crippen molar-refractivity contribution < 1.29 is 27.8 Å². The van der Waals surface area contributed by atoms with Gasteiger partial charge in [-0.2, -0.15) is 13.2 Å². The molecule has 0 amide bonds. The minimum atomic E-state index is -4.53. The Morgan fingerprint density at radius 2 is 1.90 bits per heavy atom. The number of halogens is 3. The number of hydrogen-bond donors (Lipinski definition) is 2. The summed E-state index contributed by atoms with van der Waals surface area (Å²) in [6, 6.07) is 3.01. The van der Waals surface area contributed by atoms with E-state index in [1.54, 1.807) is 25.6 Å². The number of fused-ring (bicyclic) bond motifs is 1. The van der Waals surface area contributed by atoms with Crippen LogP contribution in [0.5, 0.6) is 0 Å². The van der Waals surface area contributed by atoms with E-state index in [9.17, 15) is 18.0 Å². The van der Waals surface area contributed by atoms with Crippen molar-refractivity contribution in [3.63, 3.8) is 0 Å². The van der Waals surface area contributed by atoms with Crippen LogP contribution in [0.15, 0.2) is 30.7 Å². The van der Waals surface area contributed by atoms with Crippen LogP contribution < -0.4 is 9.80 Å². The summed E-state index contributed by atoms with van der Waals surface area (Å²) < 4.78 is 48.1. The zero-order valence-electron chi connectivity index (χ0n) is 27.8. The molecular weight excluding hydrogens is 639 g/mol. The number of piperazine rings is 1. The number of imidazole rings is 1. The number of pyridine rings is 2. The number of hydrogen-bond acceptors (Lipinski definition) is 10. The first-order valence-electron chi connectivity index (χ1n) is 16.6. The van der Waals surface area contributed by atoms with Crippen LogP contribution >= 0.6 is 0 Å². The molecule has 5 heterocycles. The summed E-state index contributed by atoms with van der Waals surface area (Å²) in [4.78, 5) is 43.8. The number of nitrogens with zero attached hydrogens (tertiary/aromatic N) is 8. The fourth-order valence-corrected chi connectivity index (χ4v) is 7.29. The molecule has 4 aromatic rings. The second kappa shape index (κ2) is 12.8. The van der Waals surface area contributed by atoms with Crippen LogP contribution in [0, 0.1) is 5.41 Å². The topological polar surface area (TPSA) is 136 Å². The van der Waals surface area contributed by atoms with Gasteiger partial charge in [0.15, 0.2) is 11.5 Å². The number of aromatic nitrogens is 6. The van der Waals surface area contributed by atoms with Crippen LogP contribution in [-0.2, 0) is 15.7 Å². The largest absolute Gasteiger partial charge is 0.480 e. The van der Waals surface area contributed by atoms with Crippen molar-refractivity contribution in [1.82, 2.24) is 34.8 Å². The summed E-state index contributed by atoms with van der Waals surface area (Å²) >= 11 is 0. The number of carboxylic acid groups (broad SMARTS) is 1. The second-order valence-corrected chi connectivity index (χ2v) is 13.8. The van der Waals surface area contributed by atoms with Crippen LogP contribution in [0.3, 0.4) is 0 Å². The molecule has 0 bridgehead atoms. The second-order valence-electron chi connectivity index (χ2n) is 13.8. The maximum atomic E-state index is 14.2. The molecule has 15 heteroatoms. The van der Waals surface area contributed by atoms with E-state index >= 15 is 0 Å². The highest BCUT2D eigenvalue weighted by molar-refractivity contribution is 5.91. The van der Waals surface area contributed by atoms with E-state index in [2.05, 4.69) is 29.7 Å². The lowest BCUT2D eigenvalue weighted by Crippen LogP contribution is -2.53. The number of aliphatic carboxylic acids is 1. The molecule has 1 saturated heterocycles. The molecule has 260 valence electrons. The Balaban J connectivity index is 1.23. The van der Waals surface area contributed by atoms with Gasteiger partial charge in [-0.15, -0.1) is 0 Å². The van der Waals surface area contributed by atoms with Gasteiger partial charge in [0.1, 0.15) is 17.0 Å². The predicted octanol–water partition coefficient (Wildman–Crippen LogP) is 5.22. The van der Waals surface area contributed by atoms with Crippen molar-refractivity contribution in [2.75, 3.05) is 63.3 Å². The third-order valence-electron chi connectivity index (χ3n) is 10.0. The number of anilines is 2. The summed E-state index contributed by atoms with van der Waals surface area (Å²) in [5, 5.41) is 9.16. The van der Waals surface area contributed by atoms with Crippen molar-refractivity contribution >= 4 is 28.6 Å². The van der Waals surface area contributed by atoms with Gasteiger partial charge in [0.2, 0.25) is 0 Å². The first-order valence-corrected chi connectivity index (χ1v) is 16.6. The van der Waals surface area contributed by atoms with Gasteiger partial charge in [0.25, 0.3) is 0 Å². The molecule has 2 saturated carbocycles. The molecule has 12 nitrogen and oxygen atoms in total. The minimum Gasteiger partial charge on any atom is -0.480 e. The molecule has 0 unspecified atom stereocenters. The normalized spacial score (nSPS) is 19.6. The Labute approximate surface area is 281 Å². The fraction of sp³-hybridized carbons (Fsp3) is 0.529. The van der Waals surface area contributed by atoms with Gasteiger partial charge < -0.3 is 24.6 Å². The molecule has 4 aromatic heterocycles. The van der Waals surface area contributed by atoms with Crippen LogP contribution in [0.4, 0.5) is 24.7 Å². The zero-order valence-corrected chi connectivity index (χ0v) is 27.8. The van der Waals surface area contributed by atoms with Gasteiger partial charge >= 0.3 is 12.1 Å². The van der Waals surface area contributed by atoms with Gasteiger partial charge in [0, 0.05) is 69.5 Å². The highest BCUT2D eigenvalue weighted by Crippen LogP contribution is 2.46. The van der Waals surface area contributed by atoms with E-state index in [1.165, 1.54) is 6.20 Å². The predicted molar refractivity (Wildman–Crippen MR) is 177 cm³/mol. The fourth-order valence-electron chi connectivity index (χ4n) is 7.29. The number of methoxy groups -OCH3 is 1. The third kappa shape index (κ3) is 6.78. The monoisotopic (exact) mass is 679 g/mol. The summed E-state index contributed by atoms with van der Waals surface area (Å²) in [7, 11) is 3.67. The van der Waals surface area contributed by atoms with Gasteiger partial charge in [-0.05, 0) is 44.7 Å². The molecular formula is C34H40F3N9O3. The third-order valence-corrected chi connectivity index (χ3v) is 10.0. The number of rotatable bonds is 11. The van der Waals surface area contributed by atoms with Gasteiger partial charge in [0.05, 0.1) is 48.2 Å². The number of nitrogens with one attached hydrogen (secondary N) is 1. The Morgan fingerprint density at radius 3 is 2.51 bits per heavy atom. The molecule has 1 atom stereocenters. The molecule has 2 aliphatic carbocycles. The SMILES string of the molecule is COCC1(CN(C)c2cc(-c3cnc(C4CC4)c(C(F)(F)F)c3)nc3nc(-c4cnc(N5CCN(CC(=O)O)C[C@H]5C)cn4)[nH]c23)CCC1. The lowest BCUT2D eigenvalue weighted by molar-refractivity contribution is -0.139. The number of carbonyl (C=O) groups is 1. The zero-order chi connectivity index (χ0) is 34.5. The Bertz CT molecular complexity index is 1840. The van der Waals surface area contributed by atoms with Crippen molar-refractivity contribution in [2.24, 2.45) is 5.41 Å². The summed E-state index contributed by atoms with van der Waals surface area (Å²) in [6.07, 6.45) is 4.84. The van der Waals surface area contributed by atoms with Crippen LogP contribution in [-0.4, -0.2) is 105 Å². The number of carboxylic acids is 1. The molecule has 3 aliphatic rings. The van der Waals surface area contributed by atoms with Crippen LogP contribution in [0.2, 0.25) is 0 Å². The molecule has 0 aromatic carbocycles. The van der Waals surface area contributed by atoms with Gasteiger partial charge in [-0.3, -0.25) is 14.7 Å². The van der Waals surface area contributed by atoms with E-state index in [1.807, 2.05) is 18.9 Å². The van der Waals surface area contributed by atoms with E-state index < -0.39 is 17.7 Å². The molecule has 49 heavy (non-hydrogen) atoms. The average molecular weight is 680 g/mol. The molecule has 0 radical (unpaired) electrons. The highest BCUT2D eigenvalue weighted by atomic mass is 19.4. The molecule has 0 spiro atoms. The van der Waals surface area contributed by atoms with Crippen molar-refractivity contribution in [2.45, 2.75) is 57.2 Å². The average Bonchev–Trinajstić information content (AvgIpc) is 3.80. The van der Waals surface area contributed by atoms with Gasteiger partial charge in [-0.25, -0.2) is 19.9 Å². The Kier molecular flexibility index (Phi) is 8.67. The van der Waals surface area contributed by atoms with Crippen molar-refractivity contribution in [1.29, 1.82) is 0 Å². The summed E-state index contributed by atoms with van der Waals surface area (Å²) in [5.74, 6) is 0.0996. The maximum Gasteiger partial charge on any atom is 0.418 e.